The molecule has 94 valence electrons. The first-order valence-corrected chi connectivity index (χ1v) is 6.72. The predicted octanol–water partition coefficient (Wildman–Crippen LogP) is 3.49. The molecule has 0 amide bonds. The second-order valence-electron chi connectivity index (χ2n) is 4.78. The van der Waals surface area contributed by atoms with Crippen molar-refractivity contribution in [1.82, 2.24) is 0 Å². The Hall–Kier alpha value is -1.02. The molecule has 0 aromatic heterocycles. The molecule has 2 rings (SSSR count). The van der Waals surface area contributed by atoms with Crippen molar-refractivity contribution >= 4 is 0 Å². The van der Waals surface area contributed by atoms with Gasteiger partial charge in [-0.1, -0.05) is 37.5 Å². The molecule has 1 aliphatic carbocycles. The van der Waals surface area contributed by atoms with Crippen LogP contribution in [0.25, 0.3) is 0 Å². The highest BCUT2D eigenvalue weighted by Crippen LogP contribution is 2.36. The van der Waals surface area contributed by atoms with Gasteiger partial charge in [-0.2, -0.15) is 0 Å². The fraction of sp³-hybridized carbons (Fsp3) is 0.600. The number of para-hydroxylation sites is 1. The van der Waals surface area contributed by atoms with Gasteiger partial charge >= 0.3 is 0 Å². The van der Waals surface area contributed by atoms with E-state index in [0.717, 1.165) is 25.0 Å². The molecule has 2 atom stereocenters. The molecule has 1 aromatic carbocycles. The standard InChI is InChI=1S/C15H22O2/c1-2-17-15-11-7-6-9-13(15)12-8-4-3-5-10-14(12)16/h6-7,9,11-12,14,16H,2-5,8,10H2,1H3. The Balaban J connectivity index is 2.24. The quantitative estimate of drug-likeness (QED) is 0.811. The molecular formula is C15H22O2. The largest absolute Gasteiger partial charge is 0.494 e. The van der Waals surface area contributed by atoms with E-state index >= 15 is 0 Å². The molecule has 0 spiro atoms. The van der Waals surface area contributed by atoms with E-state index in [-0.39, 0.29) is 12.0 Å². The number of hydrogen-bond donors (Lipinski definition) is 1. The minimum atomic E-state index is -0.209. The average molecular weight is 234 g/mol. The zero-order chi connectivity index (χ0) is 12.1. The first-order chi connectivity index (χ1) is 8.33. The van der Waals surface area contributed by atoms with Crippen molar-refractivity contribution in [2.75, 3.05) is 6.61 Å². The fourth-order valence-corrected chi connectivity index (χ4v) is 2.72. The van der Waals surface area contributed by atoms with Crippen LogP contribution in [0.4, 0.5) is 0 Å². The van der Waals surface area contributed by atoms with E-state index in [0.29, 0.717) is 6.61 Å². The first kappa shape index (κ1) is 12.4. The predicted molar refractivity (Wildman–Crippen MR) is 69.4 cm³/mol. The lowest BCUT2D eigenvalue weighted by molar-refractivity contribution is 0.133. The minimum absolute atomic E-state index is 0.209. The van der Waals surface area contributed by atoms with Crippen LogP contribution in [0.3, 0.4) is 0 Å². The van der Waals surface area contributed by atoms with Crippen LogP contribution < -0.4 is 4.74 Å². The smallest absolute Gasteiger partial charge is 0.122 e. The van der Waals surface area contributed by atoms with Gasteiger partial charge in [0, 0.05) is 5.92 Å². The minimum Gasteiger partial charge on any atom is -0.494 e. The highest BCUT2D eigenvalue weighted by Gasteiger charge is 2.25. The van der Waals surface area contributed by atoms with Gasteiger partial charge in [0.2, 0.25) is 0 Å². The summed E-state index contributed by atoms with van der Waals surface area (Å²) in [5.41, 5.74) is 1.18. The molecule has 1 aromatic rings. The highest BCUT2D eigenvalue weighted by atomic mass is 16.5. The van der Waals surface area contributed by atoms with Crippen molar-refractivity contribution in [1.29, 1.82) is 0 Å². The van der Waals surface area contributed by atoms with Gasteiger partial charge in [0.05, 0.1) is 12.7 Å². The maximum absolute atomic E-state index is 10.2. The van der Waals surface area contributed by atoms with Gasteiger partial charge in [-0.05, 0) is 31.4 Å². The molecule has 17 heavy (non-hydrogen) atoms. The number of aliphatic hydroxyl groups excluding tert-OH is 1. The summed E-state index contributed by atoms with van der Waals surface area (Å²) in [6, 6.07) is 8.15. The van der Waals surface area contributed by atoms with Crippen LogP contribution in [0, 0.1) is 0 Å². The third kappa shape index (κ3) is 3.01. The topological polar surface area (TPSA) is 29.5 Å². The van der Waals surface area contributed by atoms with Crippen LogP contribution in [-0.2, 0) is 0 Å². The monoisotopic (exact) mass is 234 g/mol. The Morgan fingerprint density at radius 3 is 2.76 bits per heavy atom. The van der Waals surface area contributed by atoms with Gasteiger partial charge in [-0.3, -0.25) is 0 Å². The lowest BCUT2D eigenvalue weighted by Crippen LogP contribution is -2.17. The summed E-state index contributed by atoms with van der Waals surface area (Å²) in [5, 5.41) is 10.2. The molecule has 0 heterocycles. The molecule has 1 aliphatic rings. The molecule has 0 saturated heterocycles. The van der Waals surface area contributed by atoms with E-state index in [1.807, 2.05) is 25.1 Å². The number of benzene rings is 1. The molecule has 1 saturated carbocycles. The van der Waals surface area contributed by atoms with Gasteiger partial charge in [-0.25, -0.2) is 0 Å². The van der Waals surface area contributed by atoms with Gasteiger partial charge in [0.1, 0.15) is 5.75 Å². The summed E-state index contributed by atoms with van der Waals surface area (Å²) < 4.78 is 5.67. The van der Waals surface area contributed by atoms with Crippen LogP contribution >= 0.6 is 0 Å². The highest BCUT2D eigenvalue weighted by molar-refractivity contribution is 5.37. The second-order valence-corrected chi connectivity index (χ2v) is 4.78. The third-order valence-corrected chi connectivity index (χ3v) is 3.60. The molecule has 0 aliphatic heterocycles. The van der Waals surface area contributed by atoms with Crippen molar-refractivity contribution < 1.29 is 9.84 Å². The molecule has 2 nitrogen and oxygen atoms in total. The summed E-state index contributed by atoms with van der Waals surface area (Å²) in [7, 11) is 0. The van der Waals surface area contributed by atoms with Crippen LogP contribution in [0.5, 0.6) is 5.75 Å². The molecule has 2 unspecified atom stereocenters. The Morgan fingerprint density at radius 2 is 1.94 bits per heavy atom. The molecule has 0 radical (unpaired) electrons. The van der Waals surface area contributed by atoms with Crippen molar-refractivity contribution in [3.05, 3.63) is 29.8 Å². The zero-order valence-electron chi connectivity index (χ0n) is 10.6. The summed E-state index contributed by atoms with van der Waals surface area (Å²) in [6.45, 7) is 2.68. The number of ether oxygens (including phenoxy) is 1. The Bertz CT molecular complexity index is 349. The van der Waals surface area contributed by atoms with E-state index in [4.69, 9.17) is 4.74 Å². The molecule has 0 bridgehead atoms. The van der Waals surface area contributed by atoms with E-state index in [1.54, 1.807) is 0 Å². The van der Waals surface area contributed by atoms with Crippen molar-refractivity contribution in [2.45, 2.75) is 51.0 Å². The van der Waals surface area contributed by atoms with Crippen molar-refractivity contribution in [3.8, 4) is 5.75 Å². The number of aliphatic hydroxyl groups is 1. The van der Waals surface area contributed by atoms with Crippen LogP contribution in [-0.4, -0.2) is 17.8 Å². The summed E-state index contributed by atoms with van der Waals surface area (Å²) in [4.78, 5) is 0. The summed E-state index contributed by atoms with van der Waals surface area (Å²) in [5.74, 6) is 1.20. The third-order valence-electron chi connectivity index (χ3n) is 3.60. The number of hydrogen-bond acceptors (Lipinski definition) is 2. The van der Waals surface area contributed by atoms with Crippen LogP contribution in [0.1, 0.15) is 50.5 Å². The van der Waals surface area contributed by atoms with E-state index in [9.17, 15) is 5.11 Å². The SMILES string of the molecule is CCOc1ccccc1C1CCCCCC1O. The Kier molecular flexibility index (Phi) is 4.43. The van der Waals surface area contributed by atoms with E-state index in [1.165, 1.54) is 18.4 Å². The van der Waals surface area contributed by atoms with Crippen LogP contribution in [0.2, 0.25) is 0 Å². The van der Waals surface area contributed by atoms with E-state index in [2.05, 4.69) is 6.07 Å². The average Bonchev–Trinajstić information content (AvgIpc) is 2.55. The normalized spacial score (nSPS) is 25.3. The second kappa shape index (κ2) is 6.06. The summed E-state index contributed by atoms with van der Waals surface area (Å²) >= 11 is 0. The number of rotatable bonds is 3. The van der Waals surface area contributed by atoms with Crippen molar-refractivity contribution in [3.63, 3.8) is 0 Å². The molecule has 2 heteroatoms. The maximum Gasteiger partial charge on any atom is 0.122 e. The van der Waals surface area contributed by atoms with Crippen LogP contribution in [0.15, 0.2) is 24.3 Å². The van der Waals surface area contributed by atoms with E-state index < -0.39 is 0 Å². The van der Waals surface area contributed by atoms with Gasteiger partial charge in [0.25, 0.3) is 0 Å². The first-order valence-electron chi connectivity index (χ1n) is 6.72. The van der Waals surface area contributed by atoms with Gasteiger partial charge < -0.3 is 9.84 Å². The Labute approximate surface area is 104 Å². The Morgan fingerprint density at radius 1 is 1.18 bits per heavy atom. The molecule has 1 N–H and O–H groups in total. The molecule has 1 fully saturated rings. The summed E-state index contributed by atoms with van der Waals surface area (Å²) in [6.07, 6.45) is 5.39. The van der Waals surface area contributed by atoms with Gasteiger partial charge in [0.15, 0.2) is 0 Å². The van der Waals surface area contributed by atoms with Crippen molar-refractivity contribution in [2.24, 2.45) is 0 Å². The lowest BCUT2D eigenvalue weighted by atomic mass is 9.89. The molecular weight excluding hydrogens is 212 g/mol. The fourth-order valence-electron chi connectivity index (χ4n) is 2.72. The zero-order valence-corrected chi connectivity index (χ0v) is 10.6. The maximum atomic E-state index is 10.2. The van der Waals surface area contributed by atoms with Gasteiger partial charge in [-0.15, -0.1) is 0 Å². The lowest BCUT2D eigenvalue weighted by Gasteiger charge is -2.23.